The first-order valence-corrected chi connectivity index (χ1v) is 9.78. The van der Waals surface area contributed by atoms with Crippen LogP contribution in [0.3, 0.4) is 0 Å². The van der Waals surface area contributed by atoms with Crippen LogP contribution < -0.4 is 10.1 Å². The van der Waals surface area contributed by atoms with Crippen LogP contribution in [0.5, 0.6) is 5.75 Å². The van der Waals surface area contributed by atoms with E-state index in [1.165, 1.54) is 0 Å². The third kappa shape index (κ3) is 5.94. The van der Waals surface area contributed by atoms with E-state index in [1.54, 1.807) is 30.3 Å². The Morgan fingerprint density at radius 3 is 2.50 bits per heavy atom. The van der Waals surface area contributed by atoms with Gasteiger partial charge in [-0.2, -0.15) is 0 Å². The van der Waals surface area contributed by atoms with Gasteiger partial charge in [-0.05, 0) is 37.6 Å². The smallest absolute Gasteiger partial charge is 0.338 e. The minimum atomic E-state index is -0.594. The van der Waals surface area contributed by atoms with Gasteiger partial charge in [0, 0.05) is 11.6 Å². The highest BCUT2D eigenvalue weighted by Gasteiger charge is 2.13. The average molecular weight is 408 g/mol. The number of rotatable bonds is 9. The first kappa shape index (κ1) is 21.1. The van der Waals surface area contributed by atoms with Gasteiger partial charge >= 0.3 is 5.97 Å². The molecule has 0 saturated carbocycles. The summed E-state index contributed by atoms with van der Waals surface area (Å²) >= 11 is 0. The van der Waals surface area contributed by atoms with Crippen LogP contribution in [0.4, 0.5) is 5.88 Å². The number of anilines is 1. The molecule has 1 aromatic heterocycles. The molecule has 0 unspecified atom stereocenters. The first-order valence-electron chi connectivity index (χ1n) is 9.78. The second-order valence-corrected chi connectivity index (χ2v) is 6.79. The molecule has 1 amide bonds. The summed E-state index contributed by atoms with van der Waals surface area (Å²) in [5.74, 6) is -0.245. The lowest BCUT2D eigenvalue weighted by molar-refractivity contribution is -0.119. The topological polar surface area (TPSA) is 90.7 Å². The maximum Gasteiger partial charge on any atom is 0.338 e. The predicted octanol–water partition coefficient (Wildman–Crippen LogP) is 4.62. The van der Waals surface area contributed by atoms with Crippen molar-refractivity contribution in [2.75, 3.05) is 18.5 Å². The molecule has 1 N–H and O–H groups in total. The summed E-state index contributed by atoms with van der Waals surface area (Å²) in [4.78, 5) is 24.2. The molecule has 0 radical (unpaired) electrons. The number of nitrogens with zero attached hydrogens (tertiary/aromatic N) is 1. The Hall–Kier alpha value is -3.61. The number of aryl methyl sites for hydroxylation is 1. The molecule has 0 atom stereocenters. The highest BCUT2D eigenvalue weighted by atomic mass is 16.5. The molecule has 0 aliphatic heterocycles. The highest BCUT2D eigenvalue weighted by molar-refractivity contribution is 5.95. The number of aromatic nitrogens is 1. The summed E-state index contributed by atoms with van der Waals surface area (Å²) in [7, 11) is 0. The van der Waals surface area contributed by atoms with Crippen LogP contribution in [-0.4, -0.2) is 30.2 Å². The Balaban J connectivity index is 1.47. The lowest BCUT2D eigenvalue weighted by Gasteiger charge is -2.07. The zero-order chi connectivity index (χ0) is 21.3. The van der Waals surface area contributed by atoms with Crippen LogP contribution in [0, 0.1) is 6.92 Å². The lowest BCUT2D eigenvalue weighted by atomic mass is 10.1. The van der Waals surface area contributed by atoms with Gasteiger partial charge in [-0.1, -0.05) is 48.3 Å². The fraction of sp³-hybridized carbons (Fsp3) is 0.261. The summed E-state index contributed by atoms with van der Waals surface area (Å²) in [6.45, 7) is 4.28. The molecule has 7 nitrogen and oxygen atoms in total. The lowest BCUT2D eigenvalue weighted by Crippen LogP contribution is -2.20. The third-order valence-corrected chi connectivity index (χ3v) is 4.31. The van der Waals surface area contributed by atoms with E-state index in [9.17, 15) is 9.59 Å². The molecule has 0 aliphatic rings. The van der Waals surface area contributed by atoms with E-state index < -0.39 is 18.5 Å². The van der Waals surface area contributed by atoms with Crippen molar-refractivity contribution in [3.63, 3.8) is 0 Å². The molecule has 0 saturated heterocycles. The van der Waals surface area contributed by atoms with E-state index in [2.05, 4.69) is 17.4 Å². The predicted molar refractivity (Wildman–Crippen MR) is 112 cm³/mol. The standard InChI is InChI=1S/C23H24N2O5/c1-3-4-13-28-19-11-9-18(10-12-19)23(27)29-15-21(26)24-22-14-20(25-30-22)17-7-5-16(2)6-8-17/h5-12,14H,3-4,13,15H2,1-2H3,(H,24,26). The molecule has 0 bridgehead atoms. The number of ether oxygens (including phenoxy) is 2. The number of esters is 1. The van der Waals surface area contributed by atoms with Gasteiger partial charge in [-0.25, -0.2) is 4.79 Å². The van der Waals surface area contributed by atoms with E-state index in [4.69, 9.17) is 14.0 Å². The van der Waals surface area contributed by atoms with Gasteiger partial charge in [0.15, 0.2) is 6.61 Å². The fourth-order valence-electron chi connectivity index (χ4n) is 2.60. The maximum absolute atomic E-state index is 12.1. The third-order valence-electron chi connectivity index (χ3n) is 4.31. The van der Waals surface area contributed by atoms with Crippen LogP contribution in [0.15, 0.2) is 59.1 Å². The van der Waals surface area contributed by atoms with Crippen LogP contribution in [-0.2, 0) is 9.53 Å². The quantitative estimate of drug-likeness (QED) is 0.410. The summed E-state index contributed by atoms with van der Waals surface area (Å²) < 4.78 is 15.7. The van der Waals surface area contributed by atoms with Gasteiger partial charge < -0.3 is 14.0 Å². The van der Waals surface area contributed by atoms with Gasteiger partial charge in [0.05, 0.1) is 12.2 Å². The Labute approximate surface area is 175 Å². The van der Waals surface area contributed by atoms with Crippen molar-refractivity contribution in [3.8, 4) is 17.0 Å². The number of hydrogen-bond acceptors (Lipinski definition) is 6. The normalized spacial score (nSPS) is 10.5. The van der Waals surface area contributed by atoms with Crippen molar-refractivity contribution < 1.29 is 23.6 Å². The van der Waals surface area contributed by atoms with Crippen molar-refractivity contribution >= 4 is 17.8 Å². The fourth-order valence-corrected chi connectivity index (χ4v) is 2.60. The van der Waals surface area contributed by atoms with Gasteiger partial charge in [0.1, 0.15) is 11.4 Å². The zero-order valence-electron chi connectivity index (χ0n) is 17.0. The molecule has 0 aliphatic carbocycles. The average Bonchev–Trinajstić information content (AvgIpc) is 3.21. The molecular formula is C23H24N2O5. The molecule has 30 heavy (non-hydrogen) atoms. The summed E-state index contributed by atoms with van der Waals surface area (Å²) in [5.41, 5.74) is 2.95. The van der Waals surface area contributed by atoms with Crippen LogP contribution >= 0.6 is 0 Å². The number of carbonyl (C=O) groups excluding carboxylic acids is 2. The van der Waals surface area contributed by atoms with E-state index in [1.807, 2.05) is 31.2 Å². The minimum absolute atomic E-state index is 0.181. The monoisotopic (exact) mass is 408 g/mol. The van der Waals surface area contributed by atoms with E-state index >= 15 is 0 Å². The highest BCUT2D eigenvalue weighted by Crippen LogP contribution is 2.22. The second kappa shape index (κ2) is 10.2. The number of amides is 1. The molecule has 0 spiro atoms. The Bertz CT molecular complexity index is 978. The van der Waals surface area contributed by atoms with Crippen molar-refractivity contribution in [1.82, 2.24) is 5.16 Å². The number of benzene rings is 2. The molecule has 3 aromatic rings. The number of carbonyl (C=O) groups is 2. The first-order chi connectivity index (χ1) is 14.5. The van der Waals surface area contributed by atoms with Gasteiger partial charge in [0.25, 0.3) is 5.91 Å². The van der Waals surface area contributed by atoms with E-state index in [0.717, 1.165) is 24.0 Å². The largest absolute Gasteiger partial charge is 0.494 e. The Morgan fingerprint density at radius 2 is 1.80 bits per heavy atom. The molecule has 156 valence electrons. The molecule has 0 fully saturated rings. The van der Waals surface area contributed by atoms with Crippen LogP contribution in [0.1, 0.15) is 35.7 Å². The van der Waals surface area contributed by atoms with Crippen molar-refractivity contribution in [2.24, 2.45) is 0 Å². The summed E-state index contributed by atoms with van der Waals surface area (Å²) in [6.07, 6.45) is 2.02. The molecule has 1 heterocycles. The molecule has 7 heteroatoms. The van der Waals surface area contributed by atoms with Gasteiger partial charge in [0.2, 0.25) is 5.88 Å². The van der Waals surface area contributed by atoms with Crippen molar-refractivity contribution in [3.05, 3.63) is 65.7 Å². The summed E-state index contributed by atoms with van der Waals surface area (Å²) in [6, 6.07) is 16.0. The SMILES string of the molecule is CCCCOc1ccc(C(=O)OCC(=O)Nc2cc(-c3ccc(C)cc3)no2)cc1. The maximum atomic E-state index is 12.1. The van der Waals surface area contributed by atoms with Crippen molar-refractivity contribution in [2.45, 2.75) is 26.7 Å². The Kier molecular flexibility index (Phi) is 7.21. The number of unbranched alkanes of at least 4 members (excludes halogenated alkanes) is 1. The van der Waals surface area contributed by atoms with Crippen LogP contribution in [0.25, 0.3) is 11.3 Å². The van der Waals surface area contributed by atoms with Crippen molar-refractivity contribution in [1.29, 1.82) is 0 Å². The number of nitrogens with one attached hydrogen (secondary N) is 1. The Morgan fingerprint density at radius 1 is 1.07 bits per heavy atom. The molecular weight excluding hydrogens is 384 g/mol. The van der Waals surface area contributed by atoms with E-state index in [-0.39, 0.29) is 5.88 Å². The minimum Gasteiger partial charge on any atom is -0.494 e. The van der Waals surface area contributed by atoms with Gasteiger partial charge in [-0.3, -0.25) is 10.1 Å². The molecule has 2 aromatic carbocycles. The number of hydrogen-bond donors (Lipinski definition) is 1. The zero-order valence-corrected chi connectivity index (χ0v) is 17.0. The van der Waals surface area contributed by atoms with Crippen LogP contribution in [0.2, 0.25) is 0 Å². The van der Waals surface area contributed by atoms with E-state index in [0.29, 0.717) is 23.6 Å². The molecule has 3 rings (SSSR count). The second-order valence-electron chi connectivity index (χ2n) is 6.79. The summed E-state index contributed by atoms with van der Waals surface area (Å²) in [5, 5.41) is 6.46. The van der Waals surface area contributed by atoms with Gasteiger partial charge in [-0.15, -0.1) is 0 Å².